The predicted octanol–water partition coefficient (Wildman–Crippen LogP) is 3.63. The second-order valence-electron chi connectivity index (χ2n) is 9.02. The molecular weight excluding hydrogens is 451 g/mol. The van der Waals surface area contributed by atoms with E-state index in [0.717, 1.165) is 78.0 Å². The number of hydrogen-bond donors (Lipinski definition) is 0. The van der Waals surface area contributed by atoms with Gasteiger partial charge in [-0.15, -0.1) is 11.3 Å². The Hall–Kier alpha value is -2.78. The molecule has 0 bridgehead atoms. The lowest BCUT2D eigenvalue weighted by molar-refractivity contribution is 0.0751. The second-order valence-corrected chi connectivity index (χ2v) is 10.0. The van der Waals surface area contributed by atoms with Crippen molar-refractivity contribution in [2.24, 2.45) is 0 Å². The van der Waals surface area contributed by atoms with E-state index in [-0.39, 0.29) is 11.7 Å². The van der Waals surface area contributed by atoms with Gasteiger partial charge in [0.1, 0.15) is 22.8 Å². The minimum Gasteiger partial charge on any atom is -0.368 e. The van der Waals surface area contributed by atoms with Crippen molar-refractivity contribution in [3.8, 4) is 0 Å². The molecule has 9 heteroatoms. The lowest BCUT2D eigenvalue weighted by Crippen LogP contribution is -2.48. The van der Waals surface area contributed by atoms with Crippen LogP contribution in [-0.2, 0) is 0 Å². The molecule has 1 amide bonds. The van der Waals surface area contributed by atoms with E-state index >= 15 is 0 Å². The minimum atomic E-state index is -0.233. The van der Waals surface area contributed by atoms with Crippen LogP contribution in [0.3, 0.4) is 0 Å². The average Bonchev–Trinajstić information content (AvgIpc) is 3.21. The number of nitrogens with zero attached hydrogens (tertiary/aromatic N) is 6. The van der Waals surface area contributed by atoms with Crippen LogP contribution in [0.2, 0.25) is 0 Å². The van der Waals surface area contributed by atoms with Gasteiger partial charge in [-0.1, -0.05) is 6.92 Å². The molecule has 2 fully saturated rings. The van der Waals surface area contributed by atoms with Crippen LogP contribution in [0.4, 0.5) is 15.9 Å². The van der Waals surface area contributed by atoms with Gasteiger partial charge < -0.3 is 14.7 Å². The fourth-order valence-electron chi connectivity index (χ4n) is 4.96. The number of carbonyl (C=O) groups excluding carboxylic acids is 1. The fourth-order valence-corrected chi connectivity index (χ4v) is 6.07. The van der Waals surface area contributed by atoms with E-state index in [1.807, 2.05) is 11.8 Å². The van der Waals surface area contributed by atoms with Crippen molar-refractivity contribution in [3.63, 3.8) is 0 Å². The molecule has 0 spiro atoms. The Kier molecular flexibility index (Phi) is 6.65. The van der Waals surface area contributed by atoms with E-state index in [4.69, 9.17) is 0 Å². The Morgan fingerprint density at radius 2 is 1.65 bits per heavy atom. The zero-order valence-corrected chi connectivity index (χ0v) is 20.7. The zero-order chi connectivity index (χ0) is 23.7. The molecule has 0 unspecified atom stereocenters. The van der Waals surface area contributed by atoms with Gasteiger partial charge in [0, 0.05) is 58.0 Å². The molecule has 0 atom stereocenters. The first-order valence-corrected chi connectivity index (χ1v) is 12.9. The normalized spacial score (nSPS) is 17.6. The quantitative estimate of drug-likeness (QED) is 0.554. The van der Waals surface area contributed by atoms with Gasteiger partial charge in [-0.3, -0.25) is 9.69 Å². The lowest BCUT2D eigenvalue weighted by Gasteiger charge is -2.36. The van der Waals surface area contributed by atoms with E-state index in [9.17, 15) is 9.18 Å². The van der Waals surface area contributed by atoms with Crippen molar-refractivity contribution in [1.82, 2.24) is 19.8 Å². The topological polar surface area (TPSA) is 55.8 Å². The van der Waals surface area contributed by atoms with Crippen molar-refractivity contribution >= 4 is 39.0 Å². The highest BCUT2D eigenvalue weighted by Crippen LogP contribution is 2.36. The maximum absolute atomic E-state index is 13.5. The summed E-state index contributed by atoms with van der Waals surface area (Å²) in [7, 11) is 0. The molecule has 2 saturated heterocycles. The molecule has 2 aliphatic heterocycles. The highest BCUT2D eigenvalue weighted by molar-refractivity contribution is 7.20. The smallest absolute Gasteiger partial charge is 0.264 e. The standard InChI is InChI=1S/C25H31FN6OS/c1-3-8-29-9-11-31(12-10-29)23-21-18(2)22(34-24(21)28-17-27-23)25(33)32-15-13-30(14-16-32)20-6-4-19(26)5-7-20/h4-7,17H,3,8-16H2,1-2H3. The highest BCUT2D eigenvalue weighted by atomic mass is 32.1. The van der Waals surface area contributed by atoms with Gasteiger partial charge in [0.25, 0.3) is 5.91 Å². The van der Waals surface area contributed by atoms with Crippen molar-refractivity contribution in [2.45, 2.75) is 20.3 Å². The molecule has 1 aromatic carbocycles. The van der Waals surface area contributed by atoms with E-state index in [1.165, 1.54) is 29.9 Å². The van der Waals surface area contributed by atoms with Gasteiger partial charge in [-0.25, -0.2) is 14.4 Å². The first-order valence-electron chi connectivity index (χ1n) is 12.1. The highest BCUT2D eigenvalue weighted by Gasteiger charge is 2.28. The Bertz CT molecular complexity index is 1150. The lowest BCUT2D eigenvalue weighted by atomic mass is 10.1. The summed E-state index contributed by atoms with van der Waals surface area (Å²) in [6.07, 6.45) is 2.80. The third-order valence-corrected chi connectivity index (χ3v) is 8.06. The van der Waals surface area contributed by atoms with Crippen LogP contribution < -0.4 is 9.80 Å². The molecule has 0 aliphatic carbocycles. The Labute approximate surface area is 203 Å². The summed E-state index contributed by atoms with van der Waals surface area (Å²) in [4.78, 5) is 33.2. The number of fused-ring (bicyclic) bond motifs is 1. The molecule has 5 rings (SSSR count). The molecular formula is C25H31FN6OS. The number of anilines is 2. The van der Waals surface area contributed by atoms with Crippen LogP contribution in [0.15, 0.2) is 30.6 Å². The van der Waals surface area contributed by atoms with Gasteiger partial charge in [0.05, 0.1) is 10.3 Å². The fraction of sp³-hybridized carbons (Fsp3) is 0.480. The number of aryl methyl sites for hydroxylation is 1. The number of carbonyl (C=O) groups is 1. The van der Waals surface area contributed by atoms with Crippen molar-refractivity contribution < 1.29 is 9.18 Å². The summed E-state index contributed by atoms with van der Waals surface area (Å²) in [5.41, 5.74) is 1.98. The first-order chi connectivity index (χ1) is 16.5. The third-order valence-electron chi connectivity index (χ3n) is 6.87. The van der Waals surface area contributed by atoms with Crippen LogP contribution >= 0.6 is 11.3 Å². The molecule has 0 saturated carbocycles. The van der Waals surface area contributed by atoms with Crippen LogP contribution in [0.5, 0.6) is 0 Å². The van der Waals surface area contributed by atoms with E-state index < -0.39 is 0 Å². The summed E-state index contributed by atoms with van der Waals surface area (Å²) in [6, 6.07) is 6.56. The summed E-state index contributed by atoms with van der Waals surface area (Å²) < 4.78 is 13.2. The largest absolute Gasteiger partial charge is 0.368 e. The number of benzene rings is 1. The number of amides is 1. The molecule has 3 aromatic rings. The number of thiophene rings is 1. The van der Waals surface area contributed by atoms with Crippen LogP contribution in [0.1, 0.15) is 28.6 Å². The Balaban J connectivity index is 1.31. The predicted molar refractivity (Wildman–Crippen MR) is 136 cm³/mol. The summed E-state index contributed by atoms with van der Waals surface area (Å²) >= 11 is 1.48. The first kappa shape index (κ1) is 23.0. The third kappa shape index (κ3) is 4.46. The van der Waals surface area contributed by atoms with Crippen LogP contribution in [0, 0.1) is 12.7 Å². The molecule has 0 radical (unpaired) electrons. The number of aromatic nitrogens is 2. The van der Waals surface area contributed by atoms with E-state index in [1.54, 1.807) is 18.5 Å². The zero-order valence-electron chi connectivity index (χ0n) is 19.8. The van der Waals surface area contributed by atoms with Crippen molar-refractivity contribution in [3.05, 3.63) is 46.9 Å². The second kappa shape index (κ2) is 9.84. The molecule has 0 N–H and O–H groups in total. The van der Waals surface area contributed by atoms with Gasteiger partial charge in [-0.05, 0) is 49.7 Å². The summed E-state index contributed by atoms with van der Waals surface area (Å²) in [6.45, 7) is 12.1. The monoisotopic (exact) mass is 482 g/mol. The number of piperazine rings is 2. The van der Waals surface area contributed by atoms with Crippen LogP contribution in [-0.4, -0.2) is 84.6 Å². The maximum atomic E-state index is 13.5. The SMILES string of the molecule is CCCN1CCN(c2ncnc3sc(C(=O)N4CCN(c5ccc(F)cc5)CC4)c(C)c23)CC1. The van der Waals surface area contributed by atoms with Crippen molar-refractivity contribution in [1.29, 1.82) is 0 Å². The molecule has 34 heavy (non-hydrogen) atoms. The average molecular weight is 483 g/mol. The van der Waals surface area contributed by atoms with Gasteiger partial charge in [-0.2, -0.15) is 0 Å². The molecule has 7 nitrogen and oxygen atoms in total. The number of hydrogen-bond acceptors (Lipinski definition) is 7. The van der Waals surface area contributed by atoms with E-state index in [2.05, 4.69) is 31.6 Å². The molecule has 2 aliphatic rings. The Morgan fingerprint density at radius 1 is 0.971 bits per heavy atom. The Morgan fingerprint density at radius 3 is 2.32 bits per heavy atom. The number of rotatable bonds is 5. The van der Waals surface area contributed by atoms with Crippen LogP contribution in [0.25, 0.3) is 10.2 Å². The summed E-state index contributed by atoms with van der Waals surface area (Å²) in [5, 5.41) is 1.02. The van der Waals surface area contributed by atoms with Gasteiger partial charge >= 0.3 is 0 Å². The van der Waals surface area contributed by atoms with Crippen molar-refractivity contribution in [2.75, 3.05) is 68.7 Å². The molecule has 180 valence electrons. The minimum absolute atomic E-state index is 0.0676. The van der Waals surface area contributed by atoms with E-state index in [0.29, 0.717) is 13.1 Å². The van der Waals surface area contributed by atoms with Gasteiger partial charge in [0.2, 0.25) is 0 Å². The van der Waals surface area contributed by atoms with Gasteiger partial charge in [0.15, 0.2) is 0 Å². The summed E-state index contributed by atoms with van der Waals surface area (Å²) in [5.74, 6) is 0.788. The molecule has 4 heterocycles. The molecule has 2 aromatic heterocycles. The number of halogens is 1. The maximum Gasteiger partial charge on any atom is 0.264 e.